The summed E-state index contributed by atoms with van der Waals surface area (Å²) in [5.41, 5.74) is 1.11. The normalized spacial score (nSPS) is 10.5. The van der Waals surface area contributed by atoms with Crippen molar-refractivity contribution in [2.75, 3.05) is 14.2 Å². The highest BCUT2D eigenvalue weighted by Gasteiger charge is 2.28. The first-order chi connectivity index (χ1) is 10.0. The number of hydrogen-bond acceptors (Lipinski definition) is 7. The van der Waals surface area contributed by atoms with Crippen LogP contribution in [-0.2, 0) is 16.0 Å². The van der Waals surface area contributed by atoms with Gasteiger partial charge in [0.15, 0.2) is 0 Å². The maximum Gasteiger partial charge on any atom is 0.376 e. The molecule has 2 aromatic heterocycles. The highest BCUT2D eigenvalue weighted by Crippen LogP contribution is 2.24. The van der Waals surface area contributed by atoms with Gasteiger partial charge in [-0.05, 0) is 19.9 Å². The maximum absolute atomic E-state index is 11.7. The minimum atomic E-state index is -0.798. The molecular weight excluding hydrogens is 278 g/mol. The van der Waals surface area contributed by atoms with Gasteiger partial charge in [-0.15, -0.1) is 0 Å². The van der Waals surface area contributed by atoms with E-state index in [0.29, 0.717) is 12.2 Å². The number of hydrogen-bond donors (Lipinski definition) is 0. The van der Waals surface area contributed by atoms with E-state index >= 15 is 0 Å². The third kappa shape index (κ3) is 2.64. The molecule has 2 heterocycles. The van der Waals surface area contributed by atoms with Crippen molar-refractivity contribution in [2.24, 2.45) is 0 Å². The lowest BCUT2D eigenvalue weighted by Gasteiger charge is -1.99. The zero-order valence-corrected chi connectivity index (χ0v) is 12.2. The topological polar surface area (TPSA) is 96.5 Å². The molecule has 0 spiro atoms. The fraction of sp³-hybridized carbons (Fsp3) is 0.385. The number of aromatic nitrogens is 3. The summed E-state index contributed by atoms with van der Waals surface area (Å²) in [6.07, 6.45) is 0. The van der Waals surface area contributed by atoms with Crippen LogP contribution in [0.5, 0.6) is 0 Å². The SMILES string of the molecule is CCn1nc(C)cc1-c1nc(C(=O)OC)c(C(=O)OC)o1. The second-order valence-electron chi connectivity index (χ2n) is 4.17. The molecule has 8 heteroatoms. The van der Waals surface area contributed by atoms with E-state index in [4.69, 9.17) is 4.42 Å². The summed E-state index contributed by atoms with van der Waals surface area (Å²) >= 11 is 0. The van der Waals surface area contributed by atoms with E-state index in [2.05, 4.69) is 19.6 Å². The molecule has 0 unspecified atom stereocenters. The van der Waals surface area contributed by atoms with E-state index in [1.807, 2.05) is 13.8 Å². The van der Waals surface area contributed by atoms with E-state index < -0.39 is 11.9 Å². The minimum absolute atomic E-state index is 0.109. The predicted octanol–water partition coefficient (Wildman–Crippen LogP) is 1.44. The van der Waals surface area contributed by atoms with Gasteiger partial charge in [-0.25, -0.2) is 9.59 Å². The average molecular weight is 293 g/mol. The molecule has 0 N–H and O–H groups in total. The van der Waals surface area contributed by atoms with Crippen LogP contribution in [0.2, 0.25) is 0 Å². The van der Waals surface area contributed by atoms with Crippen LogP contribution >= 0.6 is 0 Å². The van der Waals surface area contributed by atoms with Gasteiger partial charge in [0.25, 0.3) is 0 Å². The Labute approximate surface area is 120 Å². The van der Waals surface area contributed by atoms with Crippen molar-refractivity contribution in [1.29, 1.82) is 0 Å². The maximum atomic E-state index is 11.7. The van der Waals surface area contributed by atoms with E-state index in [1.165, 1.54) is 14.2 Å². The molecule has 0 bridgehead atoms. The van der Waals surface area contributed by atoms with Crippen molar-refractivity contribution >= 4 is 11.9 Å². The summed E-state index contributed by atoms with van der Waals surface area (Å²) in [5, 5.41) is 4.26. The molecule has 0 amide bonds. The van der Waals surface area contributed by atoms with Crippen molar-refractivity contribution in [3.8, 4) is 11.6 Å². The Morgan fingerprint density at radius 1 is 1.29 bits per heavy atom. The molecule has 0 aliphatic carbocycles. The van der Waals surface area contributed by atoms with Crippen LogP contribution in [0, 0.1) is 6.92 Å². The summed E-state index contributed by atoms with van der Waals surface area (Å²) < 4.78 is 16.2. The molecule has 2 aromatic rings. The third-order valence-electron chi connectivity index (χ3n) is 2.80. The minimum Gasteiger partial charge on any atom is -0.464 e. The van der Waals surface area contributed by atoms with Gasteiger partial charge in [0.1, 0.15) is 5.69 Å². The van der Waals surface area contributed by atoms with Crippen molar-refractivity contribution < 1.29 is 23.5 Å². The molecule has 0 saturated heterocycles. The number of ether oxygens (including phenoxy) is 2. The summed E-state index contributed by atoms with van der Waals surface area (Å²) in [7, 11) is 2.38. The number of oxazole rings is 1. The van der Waals surface area contributed by atoms with Crippen LogP contribution in [0.1, 0.15) is 33.7 Å². The first-order valence-electron chi connectivity index (χ1n) is 6.24. The first kappa shape index (κ1) is 14.8. The lowest BCUT2D eigenvalue weighted by Crippen LogP contribution is -2.10. The molecular formula is C13H15N3O5. The van der Waals surface area contributed by atoms with Crippen molar-refractivity contribution in [1.82, 2.24) is 14.8 Å². The molecule has 0 aliphatic rings. The molecule has 0 aromatic carbocycles. The second kappa shape index (κ2) is 5.78. The highest BCUT2D eigenvalue weighted by atomic mass is 16.5. The van der Waals surface area contributed by atoms with E-state index in [9.17, 15) is 9.59 Å². The molecule has 2 rings (SSSR count). The number of carbonyl (C=O) groups excluding carboxylic acids is 2. The molecule has 112 valence electrons. The first-order valence-corrected chi connectivity index (χ1v) is 6.24. The Bertz CT molecular complexity index is 653. The van der Waals surface area contributed by atoms with E-state index in [-0.39, 0.29) is 17.3 Å². The van der Waals surface area contributed by atoms with Crippen LogP contribution < -0.4 is 0 Å². The number of rotatable bonds is 4. The highest BCUT2D eigenvalue weighted by molar-refractivity contribution is 6.00. The predicted molar refractivity (Wildman–Crippen MR) is 70.8 cm³/mol. The number of nitrogens with zero attached hydrogens (tertiary/aromatic N) is 3. The van der Waals surface area contributed by atoms with Crippen molar-refractivity contribution in [2.45, 2.75) is 20.4 Å². The van der Waals surface area contributed by atoms with Crippen LogP contribution in [0.15, 0.2) is 10.5 Å². The lowest BCUT2D eigenvalue weighted by molar-refractivity contribution is 0.0527. The van der Waals surface area contributed by atoms with Crippen LogP contribution in [-0.4, -0.2) is 40.9 Å². The van der Waals surface area contributed by atoms with E-state index in [1.54, 1.807) is 10.7 Å². The fourth-order valence-electron chi connectivity index (χ4n) is 1.85. The Kier molecular flexibility index (Phi) is 4.06. The van der Waals surface area contributed by atoms with Crippen LogP contribution in [0.3, 0.4) is 0 Å². The quantitative estimate of drug-likeness (QED) is 0.787. The largest absolute Gasteiger partial charge is 0.464 e. The number of carbonyl (C=O) groups is 2. The Morgan fingerprint density at radius 3 is 2.52 bits per heavy atom. The molecule has 21 heavy (non-hydrogen) atoms. The standard InChI is InChI=1S/C13H15N3O5/c1-5-16-8(6-7(2)15-16)11-14-9(12(17)19-3)10(21-11)13(18)20-4/h6H,5H2,1-4H3. The molecule has 0 atom stereocenters. The zero-order chi connectivity index (χ0) is 15.6. The van der Waals surface area contributed by atoms with Crippen molar-refractivity contribution in [3.05, 3.63) is 23.2 Å². The summed E-state index contributed by atoms with van der Waals surface area (Å²) in [6, 6.07) is 1.75. The van der Waals surface area contributed by atoms with Gasteiger partial charge in [0.05, 0.1) is 19.9 Å². The Morgan fingerprint density at radius 2 is 1.95 bits per heavy atom. The Balaban J connectivity index is 2.57. The molecule has 0 saturated carbocycles. The number of aryl methyl sites for hydroxylation is 2. The average Bonchev–Trinajstić information content (AvgIpc) is 3.08. The summed E-state index contributed by atoms with van der Waals surface area (Å²) in [5.74, 6) is -1.75. The molecule has 0 fully saturated rings. The van der Waals surface area contributed by atoms with Gasteiger partial charge < -0.3 is 13.9 Å². The molecule has 0 aliphatic heterocycles. The monoisotopic (exact) mass is 293 g/mol. The lowest BCUT2D eigenvalue weighted by atomic mass is 10.3. The van der Waals surface area contributed by atoms with Gasteiger partial charge in [0, 0.05) is 6.54 Å². The number of esters is 2. The van der Waals surface area contributed by atoms with Gasteiger partial charge in [0.2, 0.25) is 17.3 Å². The van der Waals surface area contributed by atoms with Gasteiger partial charge in [-0.1, -0.05) is 0 Å². The number of methoxy groups -OCH3 is 2. The van der Waals surface area contributed by atoms with Crippen LogP contribution in [0.4, 0.5) is 0 Å². The Hall–Kier alpha value is -2.64. The molecule has 8 nitrogen and oxygen atoms in total. The van der Waals surface area contributed by atoms with Crippen LogP contribution in [0.25, 0.3) is 11.6 Å². The van der Waals surface area contributed by atoms with Crippen molar-refractivity contribution in [3.63, 3.8) is 0 Å². The smallest absolute Gasteiger partial charge is 0.376 e. The van der Waals surface area contributed by atoms with Gasteiger partial charge in [-0.2, -0.15) is 10.1 Å². The second-order valence-corrected chi connectivity index (χ2v) is 4.17. The third-order valence-corrected chi connectivity index (χ3v) is 2.80. The fourth-order valence-corrected chi connectivity index (χ4v) is 1.85. The molecule has 0 radical (unpaired) electrons. The summed E-state index contributed by atoms with van der Waals surface area (Å²) in [4.78, 5) is 27.4. The van der Waals surface area contributed by atoms with Gasteiger partial charge in [-0.3, -0.25) is 4.68 Å². The van der Waals surface area contributed by atoms with E-state index in [0.717, 1.165) is 5.69 Å². The zero-order valence-electron chi connectivity index (χ0n) is 12.2. The summed E-state index contributed by atoms with van der Waals surface area (Å²) in [6.45, 7) is 4.31. The van der Waals surface area contributed by atoms with Gasteiger partial charge >= 0.3 is 11.9 Å².